The molecule has 106 valence electrons. The number of aliphatic hydroxyl groups excluding tert-OH is 1. The summed E-state index contributed by atoms with van der Waals surface area (Å²) in [4.78, 5) is 17.2. The maximum Gasteiger partial charge on any atom is 0.270 e. The Labute approximate surface area is 113 Å². The van der Waals surface area contributed by atoms with Gasteiger partial charge in [-0.1, -0.05) is 6.92 Å². The number of hydrogen-bond acceptors (Lipinski definition) is 3. The molecule has 2 rings (SSSR count). The molecular weight excluding hydrogens is 244 g/mol. The first-order valence-corrected chi connectivity index (χ1v) is 6.88. The summed E-state index contributed by atoms with van der Waals surface area (Å²) >= 11 is 0. The predicted octanol–water partition coefficient (Wildman–Crippen LogP) is 0.927. The first-order chi connectivity index (χ1) is 9.08. The van der Waals surface area contributed by atoms with Gasteiger partial charge in [0.1, 0.15) is 5.69 Å². The second-order valence-corrected chi connectivity index (χ2v) is 5.28. The summed E-state index contributed by atoms with van der Waals surface area (Å²) in [5, 5.41) is 19.3. The lowest BCUT2D eigenvalue weighted by molar-refractivity contribution is -0.0250. The maximum atomic E-state index is 12.3. The number of carbonyl (C=O) groups is 1. The molecule has 1 fully saturated rings. The van der Waals surface area contributed by atoms with E-state index in [2.05, 4.69) is 4.98 Å². The van der Waals surface area contributed by atoms with Gasteiger partial charge in [0.25, 0.3) is 5.91 Å². The minimum Gasteiger partial charge on any atom is -0.393 e. The number of nitrogens with zero attached hydrogens (tertiary/aromatic N) is 1. The topological polar surface area (TPSA) is 76.6 Å². The Kier molecular flexibility index (Phi) is 4.27. The van der Waals surface area contributed by atoms with E-state index in [4.69, 9.17) is 0 Å². The Morgan fingerprint density at radius 1 is 1.42 bits per heavy atom. The standard InChI is InChI=1S/C14H22N2O3/c1-2-11-4-5-12(15-11)13(18)16-8-3-6-14(19,10-17)7-9-16/h4-5,15,17,19H,2-3,6-10H2,1H3. The molecule has 0 saturated carbocycles. The van der Waals surface area contributed by atoms with Crippen LogP contribution in [0.1, 0.15) is 42.4 Å². The zero-order chi connectivity index (χ0) is 13.9. The van der Waals surface area contributed by atoms with Crippen LogP contribution < -0.4 is 0 Å². The Morgan fingerprint density at radius 2 is 2.21 bits per heavy atom. The van der Waals surface area contributed by atoms with Crippen molar-refractivity contribution in [1.82, 2.24) is 9.88 Å². The monoisotopic (exact) mass is 266 g/mol. The average Bonchev–Trinajstić information content (AvgIpc) is 2.82. The minimum atomic E-state index is -1.03. The molecule has 1 aliphatic rings. The fourth-order valence-electron chi connectivity index (χ4n) is 2.48. The van der Waals surface area contributed by atoms with Gasteiger partial charge in [-0.2, -0.15) is 0 Å². The van der Waals surface area contributed by atoms with Crippen LogP contribution in [0.2, 0.25) is 0 Å². The zero-order valence-electron chi connectivity index (χ0n) is 11.4. The molecule has 1 amide bonds. The van der Waals surface area contributed by atoms with Gasteiger partial charge in [0.05, 0.1) is 12.2 Å². The van der Waals surface area contributed by atoms with E-state index in [9.17, 15) is 15.0 Å². The molecule has 1 aromatic heterocycles. The molecule has 0 spiro atoms. The minimum absolute atomic E-state index is 0.0260. The summed E-state index contributed by atoms with van der Waals surface area (Å²) in [6, 6.07) is 3.74. The summed E-state index contributed by atoms with van der Waals surface area (Å²) in [6.45, 7) is 2.91. The van der Waals surface area contributed by atoms with Crippen molar-refractivity contribution >= 4 is 5.91 Å². The fraction of sp³-hybridized carbons (Fsp3) is 0.643. The lowest BCUT2D eigenvalue weighted by atomic mass is 9.96. The molecule has 5 nitrogen and oxygen atoms in total. The van der Waals surface area contributed by atoms with Gasteiger partial charge in [0.15, 0.2) is 0 Å². The van der Waals surface area contributed by atoms with Crippen LogP contribution in [-0.4, -0.2) is 51.3 Å². The number of aryl methyl sites for hydroxylation is 1. The molecule has 1 atom stereocenters. The van der Waals surface area contributed by atoms with Crippen LogP contribution in [0.15, 0.2) is 12.1 Å². The van der Waals surface area contributed by atoms with E-state index in [1.807, 2.05) is 19.1 Å². The summed E-state index contributed by atoms with van der Waals surface area (Å²) in [5.74, 6) is -0.0260. The number of carbonyl (C=O) groups excluding carboxylic acids is 1. The van der Waals surface area contributed by atoms with Gasteiger partial charge in [-0.25, -0.2) is 0 Å². The SMILES string of the molecule is CCc1ccc(C(=O)N2CCCC(O)(CO)CC2)[nH]1. The summed E-state index contributed by atoms with van der Waals surface area (Å²) in [7, 11) is 0. The maximum absolute atomic E-state index is 12.3. The number of aromatic nitrogens is 1. The van der Waals surface area contributed by atoms with Gasteiger partial charge < -0.3 is 20.1 Å². The summed E-state index contributed by atoms with van der Waals surface area (Å²) < 4.78 is 0. The second-order valence-electron chi connectivity index (χ2n) is 5.28. The highest BCUT2D eigenvalue weighted by atomic mass is 16.3. The van der Waals surface area contributed by atoms with E-state index in [0.29, 0.717) is 38.0 Å². The Hall–Kier alpha value is -1.33. The highest BCUT2D eigenvalue weighted by molar-refractivity contribution is 5.92. The van der Waals surface area contributed by atoms with Gasteiger partial charge in [-0.15, -0.1) is 0 Å². The highest BCUT2D eigenvalue weighted by Gasteiger charge is 2.31. The van der Waals surface area contributed by atoms with E-state index in [0.717, 1.165) is 12.1 Å². The molecule has 0 aliphatic carbocycles. The molecule has 1 aliphatic heterocycles. The highest BCUT2D eigenvalue weighted by Crippen LogP contribution is 2.22. The van der Waals surface area contributed by atoms with Gasteiger partial charge in [-0.3, -0.25) is 4.79 Å². The van der Waals surface area contributed by atoms with Crippen LogP contribution in [0.3, 0.4) is 0 Å². The van der Waals surface area contributed by atoms with E-state index in [1.165, 1.54) is 0 Å². The third-order valence-electron chi connectivity index (χ3n) is 3.86. The van der Waals surface area contributed by atoms with Crippen LogP contribution in [0, 0.1) is 0 Å². The quantitative estimate of drug-likeness (QED) is 0.761. The molecule has 1 aromatic rings. The smallest absolute Gasteiger partial charge is 0.270 e. The lowest BCUT2D eigenvalue weighted by Crippen LogP contribution is -2.36. The first kappa shape index (κ1) is 14.1. The Morgan fingerprint density at radius 3 is 2.84 bits per heavy atom. The number of aliphatic hydroxyl groups is 2. The van der Waals surface area contributed by atoms with Gasteiger partial charge in [-0.05, 0) is 37.8 Å². The van der Waals surface area contributed by atoms with Gasteiger partial charge in [0, 0.05) is 18.8 Å². The Balaban J connectivity index is 2.03. The fourth-order valence-corrected chi connectivity index (χ4v) is 2.48. The third-order valence-corrected chi connectivity index (χ3v) is 3.86. The van der Waals surface area contributed by atoms with Gasteiger partial charge in [0.2, 0.25) is 0 Å². The van der Waals surface area contributed by atoms with Crippen LogP contribution in [0.5, 0.6) is 0 Å². The molecular formula is C14H22N2O3. The van der Waals surface area contributed by atoms with Crippen molar-refractivity contribution in [3.63, 3.8) is 0 Å². The number of aromatic amines is 1. The van der Waals surface area contributed by atoms with Crippen molar-refractivity contribution in [2.45, 2.75) is 38.2 Å². The van der Waals surface area contributed by atoms with Crippen molar-refractivity contribution in [3.05, 3.63) is 23.5 Å². The second kappa shape index (κ2) is 5.75. The molecule has 0 aromatic carbocycles. The molecule has 0 bridgehead atoms. The Bertz CT molecular complexity index is 444. The first-order valence-electron chi connectivity index (χ1n) is 6.88. The molecule has 2 heterocycles. The summed E-state index contributed by atoms with van der Waals surface area (Å²) in [6.07, 6.45) is 2.55. The largest absolute Gasteiger partial charge is 0.393 e. The number of H-pyrrole nitrogens is 1. The normalized spacial score (nSPS) is 24.3. The molecule has 0 radical (unpaired) electrons. The van der Waals surface area contributed by atoms with Crippen molar-refractivity contribution in [3.8, 4) is 0 Å². The van der Waals surface area contributed by atoms with E-state index >= 15 is 0 Å². The molecule has 3 N–H and O–H groups in total. The van der Waals surface area contributed by atoms with Crippen LogP contribution in [0.25, 0.3) is 0 Å². The number of hydrogen-bond donors (Lipinski definition) is 3. The van der Waals surface area contributed by atoms with Crippen molar-refractivity contribution in [2.75, 3.05) is 19.7 Å². The number of likely N-dealkylation sites (tertiary alicyclic amines) is 1. The lowest BCUT2D eigenvalue weighted by Gasteiger charge is -2.24. The van der Waals surface area contributed by atoms with Crippen molar-refractivity contribution in [2.24, 2.45) is 0 Å². The van der Waals surface area contributed by atoms with E-state index in [-0.39, 0.29) is 12.5 Å². The van der Waals surface area contributed by atoms with E-state index in [1.54, 1.807) is 4.90 Å². The van der Waals surface area contributed by atoms with E-state index < -0.39 is 5.60 Å². The van der Waals surface area contributed by atoms with Crippen LogP contribution in [-0.2, 0) is 6.42 Å². The zero-order valence-corrected chi connectivity index (χ0v) is 11.4. The van der Waals surface area contributed by atoms with Crippen LogP contribution >= 0.6 is 0 Å². The molecule has 1 unspecified atom stereocenters. The predicted molar refractivity (Wildman–Crippen MR) is 72.0 cm³/mol. The number of rotatable bonds is 3. The van der Waals surface area contributed by atoms with Crippen molar-refractivity contribution < 1.29 is 15.0 Å². The average molecular weight is 266 g/mol. The third kappa shape index (κ3) is 3.16. The molecule has 19 heavy (non-hydrogen) atoms. The summed E-state index contributed by atoms with van der Waals surface area (Å²) in [5.41, 5.74) is 0.621. The number of amides is 1. The van der Waals surface area contributed by atoms with Crippen LogP contribution in [0.4, 0.5) is 0 Å². The molecule has 5 heteroatoms. The van der Waals surface area contributed by atoms with Crippen molar-refractivity contribution in [1.29, 1.82) is 0 Å². The number of nitrogens with one attached hydrogen (secondary N) is 1. The van der Waals surface area contributed by atoms with Gasteiger partial charge >= 0.3 is 0 Å². The molecule has 1 saturated heterocycles.